The maximum atomic E-state index is 12.9. The zero-order chi connectivity index (χ0) is 21.1. The third-order valence-electron chi connectivity index (χ3n) is 4.87. The maximum Gasteiger partial charge on any atom is 0.264 e. The summed E-state index contributed by atoms with van der Waals surface area (Å²) in [6.45, 7) is 3.95. The lowest BCUT2D eigenvalue weighted by Gasteiger charge is -2.10. The number of benzene rings is 3. The van der Waals surface area contributed by atoms with Crippen molar-refractivity contribution >= 4 is 15.9 Å². The van der Waals surface area contributed by atoms with Crippen LogP contribution in [0, 0.1) is 13.8 Å². The van der Waals surface area contributed by atoms with Crippen LogP contribution < -0.4 is 4.72 Å². The molecule has 30 heavy (non-hydrogen) atoms. The number of nitrogens with one attached hydrogen (secondary N) is 1. The molecule has 0 fully saturated rings. The van der Waals surface area contributed by atoms with Gasteiger partial charge in [-0.25, -0.2) is 18.1 Å². The predicted molar refractivity (Wildman–Crippen MR) is 118 cm³/mol. The molecule has 0 atom stereocenters. The molecule has 1 heterocycles. The van der Waals surface area contributed by atoms with Gasteiger partial charge in [0, 0.05) is 12.0 Å². The van der Waals surface area contributed by atoms with E-state index in [-0.39, 0.29) is 10.8 Å². The molecule has 4 rings (SSSR count). The number of oxazole rings is 1. The molecular weight excluding hydrogens is 396 g/mol. The lowest BCUT2D eigenvalue weighted by Crippen LogP contribution is -2.13. The summed E-state index contributed by atoms with van der Waals surface area (Å²) < 4.78 is 34.4. The Labute approximate surface area is 176 Å². The summed E-state index contributed by atoms with van der Waals surface area (Å²) in [5, 5.41) is 0. The van der Waals surface area contributed by atoms with Gasteiger partial charge in [0.2, 0.25) is 11.8 Å². The van der Waals surface area contributed by atoms with Crippen molar-refractivity contribution in [3.63, 3.8) is 0 Å². The largest absolute Gasteiger partial charge is 0.423 e. The molecule has 0 saturated heterocycles. The van der Waals surface area contributed by atoms with E-state index in [4.69, 9.17) is 4.42 Å². The van der Waals surface area contributed by atoms with Crippen LogP contribution >= 0.6 is 0 Å². The van der Waals surface area contributed by atoms with Crippen molar-refractivity contribution in [3.8, 4) is 11.3 Å². The minimum Gasteiger partial charge on any atom is -0.423 e. The molecule has 5 nitrogen and oxygen atoms in total. The Kier molecular flexibility index (Phi) is 5.42. The van der Waals surface area contributed by atoms with Gasteiger partial charge < -0.3 is 4.42 Å². The fraction of sp³-hybridized carbons (Fsp3) is 0.125. The molecule has 0 aliphatic carbocycles. The van der Waals surface area contributed by atoms with Crippen LogP contribution in [0.4, 0.5) is 5.88 Å². The van der Waals surface area contributed by atoms with Crippen LogP contribution in [-0.2, 0) is 16.4 Å². The van der Waals surface area contributed by atoms with Gasteiger partial charge in [-0.1, -0.05) is 66.7 Å². The van der Waals surface area contributed by atoms with Crippen molar-refractivity contribution in [1.29, 1.82) is 0 Å². The van der Waals surface area contributed by atoms with E-state index in [0.29, 0.717) is 18.0 Å². The number of anilines is 1. The highest BCUT2D eigenvalue weighted by Gasteiger charge is 2.23. The zero-order valence-electron chi connectivity index (χ0n) is 16.8. The number of hydrogen-bond donors (Lipinski definition) is 1. The highest BCUT2D eigenvalue weighted by atomic mass is 32.2. The van der Waals surface area contributed by atoms with Crippen LogP contribution in [0.1, 0.15) is 22.6 Å². The number of rotatable bonds is 6. The predicted octanol–water partition coefficient (Wildman–Crippen LogP) is 5.35. The SMILES string of the molecule is Cc1cccc(C)c1-c1nc(Cc2ccccc2)oc1NS(=O)(=O)c1ccccc1. The number of aryl methyl sites for hydroxylation is 2. The summed E-state index contributed by atoms with van der Waals surface area (Å²) in [4.78, 5) is 4.85. The normalized spacial score (nSPS) is 11.4. The fourth-order valence-corrected chi connectivity index (χ4v) is 4.43. The first-order chi connectivity index (χ1) is 14.4. The highest BCUT2D eigenvalue weighted by molar-refractivity contribution is 7.92. The van der Waals surface area contributed by atoms with Crippen molar-refractivity contribution in [2.45, 2.75) is 25.2 Å². The molecule has 152 valence electrons. The van der Waals surface area contributed by atoms with Crippen LogP contribution in [0.5, 0.6) is 0 Å². The minimum absolute atomic E-state index is 0.127. The lowest BCUT2D eigenvalue weighted by atomic mass is 10.0. The molecule has 0 radical (unpaired) electrons. The van der Waals surface area contributed by atoms with Gasteiger partial charge in [-0.15, -0.1) is 0 Å². The number of nitrogens with zero attached hydrogens (tertiary/aromatic N) is 1. The van der Waals surface area contributed by atoms with Gasteiger partial charge >= 0.3 is 0 Å². The van der Waals surface area contributed by atoms with E-state index in [0.717, 1.165) is 22.3 Å². The van der Waals surface area contributed by atoms with Crippen molar-refractivity contribution in [2.24, 2.45) is 0 Å². The molecule has 1 N–H and O–H groups in total. The standard InChI is InChI=1S/C24H22N2O3S/c1-17-10-9-11-18(2)22(17)23-24(26-30(27,28)20-14-7-4-8-15-20)29-21(25-23)16-19-12-5-3-6-13-19/h3-15,26H,16H2,1-2H3. The molecule has 0 aliphatic heterocycles. The Bertz CT molecular complexity index is 1240. The summed E-state index contributed by atoms with van der Waals surface area (Å²) in [6.07, 6.45) is 0.464. The van der Waals surface area contributed by atoms with E-state index in [1.165, 1.54) is 0 Å². The minimum atomic E-state index is -3.81. The molecule has 6 heteroatoms. The van der Waals surface area contributed by atoms with Gasteiger partial charge in [0.05, 0.1) is 4.90 Å². The first kappa shape index (κ1) is 19.9. The van der Waals surface area contributed by atoms with Crippen LogP contribution in [0.3, 0.4) is 0 Å². The Morgan fingerprint density at radius 2 is 1.43 bits per heavy atom. The summed E-state index contributed by atoms with van der Waals surface area (Å²) >= 11 is 0. The number of hydrogen-bond acceptors (Lipinski definition) is 4. The molecule has 1 aromatic heterocycles. The Morgan fingerprint density at radius 3 is 2.07 bits per heavy atom. The Morgan fingerprint density at radius 1 is 0.833 bits per heavy atom. The summed E-state index contributed by atoms with van der Waals surface area (Å²) in [5.74, 6) is 0.576. The second-order valence-corrected chi connectivity index (χ2v) is 8.82. The van der Waals surface area contributed by atoms with Gasteiger partial charge in [0.15, 0.2) is 0 Å². The van der Waals surface area contributed by atoms with Gasteiger partial charge in [-0.05, 0) is 42.7 Å². The topological polar surface area (TPSA) is 72.2 Å². The molecule has 0 spiro atoms. The fourth-order valence-electron chi connectivity index (χ4n) is 3.42. The average molecular weight is 419 g/mol. The molecule has 0 unspecified atom stereocenters. The smallest absolute Gasteiger partial charge is 0.264 e. The van der Waals surface area contributed by atoms with Crippen LogP contribution in [0.15, 0.2) is 88.2 Å². The maximum absolute atomic E-state index is 12.9. The van der Waals surface area contributed by atoms with Gasteiger partial charge in [-0.2, -0.15) is 0 Å². The number of aromatic nitrogens is 1. The van der Waals surface area contributed by atoms with E-state index in [1.54, 1.807) is 30.3 Å². The third kappa shape index (κ3) is 4.14. The van der Waals surface area contributed by atoms with E-state index in [9.17, 15) is 8.42 Å². The highest BCUT2D eigenvalue weighted by Crippen LogP contribution is 2.35. The first-order valence-corrected chi connectivity index (χ1v) is 11.1. The van der Waals surface area contributed by atoms with Gasteiger partial charge in [-0.3, -0.25) is 0 Å². The van der Waals surface area contributed by atoms with Crippen molar-refractivity contribution in [1.82, 2.24) is 4.98 Å². The molecule has 4 aromatic rings. The van der Waals surface area contributed by atoms with Gasteiger partial charge in [0.25, 0.3) is 10.0 Å². The number of sulfonamides is 1. The Hall–Kier alpha value is -3.38. The quantitative estimate of drug-likeness (QED) is 0.458. The van der Waals surface area contributed by atoms with E-state index in [1.807, 2.05) is 62.4 Å². The summed E-state index contributed by atoms with van der Waals surface area (Å²) in [6, 6.07) is 23.9. The van der Waals surface area contributed by atoms with Crippen LogP contribution in [0.25, 0.3) is 11.3 Å². The second kappa shape index (κ2) is 8.16. The van der Waals surface area contributed by atoms with E-state index >= 15 is 0 Å². The van der Waals surface area contributed by atoms with Crippen molar-refractivity contribution < 1.29 is 12.8 Å². The van der Waals surface area contributed by atoms with E-state index in [2.05, 4.69) is 9.71 Å². The molecule has 0 aliphatic rings. The summed E-state index contributed by atoms with van der Waals surface area (Å²) in [5.41, 5.74) is 4.39. The summed E-state index contributed by atoms with van der Waals surface area (Å²) in [7, 11) is -3.81. The Balaban J connectivity index is 1.80. The van der Waals surface area contributed by atoms with Gasteiger partial charge in [0.1, 0.15) is 5.69 Å². The van der Waals surface area contributed by atoms with Crippen LogP contribution in [-0.4, -0.2) is 13.4 Å². The first-order valence-electron chi connectivity index (χ1n) is 9.62. The lowest BCUT2D eigenvalue weighted by molar-refractivity contribution is 0.521. The molecule has 0 saturated carbocycles. The zero-order valence-corrected chi connectivity index (χ0v) is 17.6. The van der Waals surface area contributed by atoms with Crippen molar-refractivity contribution in [3.05, 3.63) is 101 Å². The van der Waals surface area contributed by atoms with E-state index < -0.39 is 10.0 Å². The average Bonchev–Trinajstić information content (AvgIpc) is 3.10. The monoisotopic (exact) mass is 418 g/mol. The molecular formula is C24H22N2O3S. The van der Waals surface area contributed by atoms with Crippen molar-refractivity contribution in [2.75, 3.05) is 4.72 Å². The third-order valence-corrected chi connectivity index (χ3v) is 6.22. The van der Waals surface area contributed by atoms with Crippen LogP contribution in [0.2, 0.25) is 0 Å². The molecule has 0 bridgehead atoms. The molecule has 0 amide bonds. The molecule has 3 aromatic carbocycles. The second-order valence-electron chi connectivity index (χ2n) is 7.13.